The molecule has 1 rings (SSSR count). The van der Waals surface area contributed by atoms with Crippen LogP contribution in [0, 0.1) is 0 Å². The highest BCUT2D eigenvalue weighted by molar-refractivity contribution is 9.11. The third-order valence-electron chi connectivity index (χ3n) is 3.47. The Kier molecular flexibility index (Phi) is 9.50. The fourth-order valence-electron chi connectivity index (χ4n) is 1.89. The molecule has 1 unspecified atom stereocenters. The van der Waals surface area contributed by atoms with Crippen LogP contribution in [0.25, 0.3) is 0 Å². The highest BCUT2D eigenvalue weighted by Gasteiger charge is 2.20. The van der Waals surface area contributed by atoms with Gasteiger partial charge in [0.1, 0.15) is 0 Å². The Morgan fingerprint density at radius 3 is 2.67 bits per heavy atom. The molecule has 2 N–H and O–H groups in total. The summed E-state index contributed by atoms with van der Waals surface area (Å²) in [6.45, 7) is 3.09. The number of carbonyl (C=O) groups excluding carboxylic acids is 2. The summed E-state index contributed by atoms with van der Waals surface area (Å²) in [4.78, 5) is 25.9. The molecule has 24 heavy (non-hydrogen) atoms. The van der Waals surface area contributed by atoms with Gasteiger partial charge in [-0.3, -0.25) is 14.5 Å². The minimum absolute atomic E-state index is 0.113. The maximum atomic E-state index is 12.3. The van der Waals surface area contributed by atoms with Gasteiger partial charge < -0.3 is 15.4 Å². The molecule has 0 aliphatic rings. The van der Waals surface area contributed by atoms with Gasteiger partial charge >= 0.3 is 0 Å². The number of benzene rings is 1. The van der Waals surface area contributed by atoms with E-state index < -0.39 is 6.04 Å². The van der Waals surface area contributed by atoms with Gasteiger partial charge in [-0.2, -0.15) is 0 Å². The van der Waals surface area contributed by atoms with Gasteiger partial charge in [-0.05, 0) is 54.5 Å². The van der Waals surface area contributed by atoms with Gasteiger partial charge in [0, 0.05) is 29.2 Å². The quantitative estimate of drug-likeness (QED) is 0.551. The molecule has 1 aromatic carbocycles. The predicted molar refractivity (Wildman–Crippen MR) is 102 cm³/mol. The number of carbonyl (C=O) groups is 2. The molecule has 0 aliphatic carbocycles. The van der Waals surface area contributed by atoms with Crippen LogP contribution in [0.1, 0.15) is 13.3 Å². The van der Waals surface area contributed by atoms with Crippen molar-refractivity contribution in [2.75, 3.05) is 39.2 Å². The largest absolute Gasteiger partial charge is 0.385 e. The van der Waals surface area contributed by atoms with E-state index >= 15 is 0 Å². The smallest absolute Gasteiger partial charge is 0.241 e. The van der Waals surface area contributed by atoms with Crippen LogP contribution in [-0.2, 0) is 14.3 Å². The van der Waals surface area contributed by atoms with Crippen molar-refractivity contribution in [3.8, 4) is 0 Å². The van der Waals surface area contributed by atoms with E-state index in [0.29, 0.717) is 18.8 Å². The molecule has 8 heteroatoms. The monoisotopic (exact) mass is 463 g/mol. The lowest BCUT2D eigenvalue weighted by atomic mass is 10.2. The zero-order valence-electron chi connectivity index (χ0n) is 14.1. The van der Waals surface area contributed by atoms with Crippen molar-refractivity contribution in [1.29, 1.82) is 0 Å². The standard InChI is InChI=1S/C16H23Br2N3O3/c1-11(21(2)10-15(22)19-7-4-8-24-3)16(23)20-14-6-5-12(17)9-13(14)18/h5-6,9,11H,4,7-8,10H2,1-3H3,(H,19,22)(H,20,23). The number of ether oxygens (including phenoxy) is 1. The second-order valence-electron chi connectivity index (χ2n) is 5.40. The van der Waals surface area contributed by atoms with Gasteiger partial charge in [0.2, 0.25) is 11.8 Å². The normalized spacial score (nSPS) is 12.1. The average Bonchev–Trinajstić information content (AvgIpc) is 2.53. The predicted octanol–water partition coefficient (Wildman–Crippen LogP) is 2.62. The third kappa shape index (κ3) is 7.29. The molecule has 2 amide bonds. The lowest BCUT2D eigenvalue weighted by Gasteiger charge is -2.23. The molecule has 0 heterocycles. The number of halogens is 2. The van der Waals surface area contributed by atoms with Crippen molar-refractivity contribution < 1.29 is 14.3 Å². The number of methoxy groups -OCH3 is 1. The molecule has 0 saturated heterocycles. The van der Waals surface area contributed by atoms with Crippen LogP contribution in [0.2, 0.25) is 0 Å². The highest BCUT2D eigenvalue weighted by Crippen LogP contribution is 2.26. The summed E-state index contributed by atoms with van der Waals surface area (Å²) < 4.78 is 6.63. The summed E-state index contributed by atoms with van der Waals surface area (Å²) in [6, 6.07) is 5.08. The van der Waals surface area contributed by atoms with Crippen LogP contribution in [-0.4, -0.2) is 56.6 Å². The van der Waals surface area contributed by atoms with Gasteiger partial charge in [0.15, 0.2) is 0 Å². The summed E-state index contributed by atoms with van der Waals surface area (Å²) in [7, 11) is 3.37. The fourth-order valence-corrected chi connectivity index (χ4v) is 3.04. The molecule has 6 nitrogen and oxygen atoms in total. The van der Waals surface area contributed by atoms with Crippen molar-refractivity contribution in [3.05, 3.63) is 27.1 Å². The topological polar surface area (TPSA) is 70.7 Å². The summed E-state index contributed by atoms with van der Waals surface area (Å²) in [5, 5.41) is 5.66. The fraction of sp³-hybridized carbons (Fsp3) is 0.500. The number of amides is 2. The molecule has 0 aromatic heterocycles. The van der Waals surface area contributed by atoms with Crippen molar-refractivity contribution in [1.82, 2.24) is 10.2 Å². The molecule has 0 radical (unpaired) electrons. The first-order chi connectivity index (χ1) is 11.3. The Morgan fingerprint density at radius 2 is 2.04 bits per heavy atom. The molecule has 0 bridgehead atoms. The molecule has 1 atom stereocenters. The van der Waals surface area contributed by atoms with Crippen molar-refractivity contribution in [2.24, 2.45) is 0 Å². The van der Waals surface area contributed by atoms with Gasteiger partial charge in [0.25, 0.3) is 0 Å². The van der Waals surface area contributed by atoms with E-state index in [1.807, 2.05) is 12.1 Å². The van der Waals surface area contributed by atoms with Crippen molar-refractivity contribution >= 4 is 49.4 Å². The van der Waals surface area contributed by atoms with Crippen LogP contribution in [0.15, 0.2) is 27.1 Å². The summed E-state index contributed by atoms with van der Waals surface area (Å²) in [5.74, 6) is -0.286. The first-order valence-electron chi connectivity index (χ1n) is 7.57. The molecule has 134 valence electrons. The van der Waals surface area contributed by atoms with E-state index in [9.17, 15) is 9.59 Å². The van der Waals surface area contributed by atoms with Crippen LogP contribution < -0.4 is 10.6 Å². The molecular formula is C16H23Br2N3O3. The number of anilines is 1. The van der Waals surface area contributed by atoms with E-state index in [1.54, 1.807) is 32.0 Å². The Morgan fingerprint density at radius 1 is 1.33 bits per heavy atom. The minimum atomic E-state index is -0.440. The van der Waals surface area contributed by atoms with E-state index in [0.717, 1.165) is 15.4 Å². The van der Waals surface area contributed by atoms with Gasteiger partial charge in [-0.15, -0.1) is 0 Å². The van der Waals surface area contributed by atoms with Crippen LogP contribution in [0.4, 0.5) is 5.69 Å². The van der Waals surface area contributed by atoms with Crippen molar-refractivity contribution in [2.45, 2.75) is 19.4 Å². The Bertz CT molecular complexity index is 569. The first kappa shape index (κ1) is 21.1. The maximum Gasteiger partial charge on any atom is 0.241 e. The van der Waals surface area contributed by atoms with E-state index in [4.69, 9.17) is 4.74 Å². The number of hydrogen-bond donors (Lipinski definition) is 2. The molecule has 0 fully saturated rings. The van der Waals surface area contributed by atoms with E-state index in [2.05, 4.69) is 42.5 Å². The number of hydrogen-bond acceptors (Lipinski definition) is 4. The SMILES string of the molecule is COCCCNC(=O)CN(C)C(C)C(=O)Nc1ccc(Br)cc1Br. The second kappa shape index (κ2) is 10.8. The maximum absolute atomic E-state index is 12.3. The van der Waals surface area contributed by atoms with E-state index in [1.165, 1.54) is 0 Å². The lowest BCUT2D eigenvalue weighted by molar-refractivity contribution is -0.124. The molecular weight excluding hydrogens is 442 g/mol. The number of nitrogens with zero attached hydrogens (tertiary/aromatic N) is 1. The Hall–Kier alpha value is -0.960. The molecule has 1 aromatic rings. The minimum Gasteiger partial charge on any atom is -0.385 e. The van der Waals surface area contributed by atoms with Gasteiger partial charge in [-0.1, -0.05) is 15.9 Å². The Labute approximate surface area is 159 Å². The number of nitrogens with one attached hydrogen (secondary N) is 2. The average molecular weight is 465 g/mol. The zero-order valence-corrected chi connectivity index (χ0v) is 17.2. The summed E-state index contributed by atoms with van der Waals surface area (Å²) >= 11 is 6.78. The summed E-state index contributed by atoms with van der Waals surface area (Å²) in [6.07, 6.45) is 0.763. The van der Waals surface area contributed by atoms with E-state index in [-0.39, 0.29) is 18.4 Å². The molecule has 0 aliphatic heterocycles. The molecule has 0 saturated carbocycles. The van der Waals surface area contributed by atoms with Crippen LogP contribution in [0.5, 0.6) is 0 Å². The summed E-state index contributed by atoms with van der Waals surface area (Å²) in [5.41, 5.74) is 0.687. The third-order valence-corrected chi connectivity index (χ3v) is 4.62. The van der Waals surface area contributed by atoms with Gasteiger partial charge in [-0.25, -0.2) is 0 Å². The number of likely N-dealkylation sites (N-methyl/N-ethyl adjacent to an activating group) is 1. The second-order valence-corrected chi connectivity index (χ2v) is 7.17. The highest BCUT2D eigenvalue weighted by atomic mass is 79.9. The van der Waals surface area contributed by atoms with Crippen LogP contribution >= 0.6 is 31.9 Å². The first-order valence-corrected chi connectivity index (χ1v) is 9.15. The Balaban J connectivity index is 2.47. The number of rotatable bonds is 9. The lowest BCUT2D eigenvalue weighted by Crippen LogP contribution is -2.45. The van der Waals surface area contributed by atoms with Crippen molar-refractivity contribution in [3.63, 3.8) is 0 Å². The molecule has 0 spiro atoms. The zero-order chi connectivity index (χ0) is 18.1. The van der Waals surface area contributed by atoms with Gasteiger partial charge in [0.05, 0.1) is 18.3 Å². The van der Waals surface area contributed by atoms with Crippen LogP contribution in [0.3, 0.4) is 0 Å².